The van der Waals surface area contributed by atoms with Crippen molar-refractivity contribution in [1.82, 2.24) is 5.32 Å². The maximum atomic E-state index is 13.1. The molecule has 1 aliphatic rings. The summed E-state index contributed by atoms with van der Waals surface area (Å²) in [6, 6.07) is 12.4. The van der Waals surface area contributed by atoms with Gasteiger partial charge in [0.15, 0.2) is 0 Å². The molecule has 1 atom stereocenters. The third-order valence-electron chi connectivity index (χ3n) is 3.95. The van der Waals surface area contributed by atoms with E-state index in [1.54, 1.807) is 36.4 Å². The summed E-state index contributed by atoms with van der Waals surface area (Å²) < 4.78 is 18.7. The fraction of sp³-hybridized carbons (Fsp3) is 0.222. The predicted molar refractivity (Wildman–Crippen MR) is 89.1 cm³/mol. The number of carbonyl (C=O) groups is 2. The molecule has 2 N–H and O–H groups in total. The highest BCUT2D eigenvalue weighted by Gasteiger charge is 2.33. The van der Waals surface area contributed by atoms with E-state index in [0.717, 1.165) is 5.56 Å². The van der Waals surface area contributed by atoms with Crippen LogP contribution < -0.4 is 15.0 Å². The monoisotopic (exact) mass is 344 g/mol. The van der Waals surface area contributed by atoms with Crippen LogP contribution in [-0.2, 0) is 11.4 Å². The van der Waals surface area contributed by atoms with Gasteiger partial charge in [0.1, 0.15) is 24.2 Å². The highest BCUT2D eigenvalue weighted by molar-refractivity contribution is 6.00. The Bertz CT molecular complexity index is 779. The highest BCUT2D eigenvalue weighted by Crippen LogP contribution is 2.24. The second-order valence-electron chi connectivity index (χ2n) is 5.69. The zero-order valence-electron chi connectivity index (χ0n) is 13.3. The maximum Gasteiger partial charge on any atom is 0.405 e. The van der Waals surface area contributed by atoms with Gasteiger partial charge in [0.05, 0.1) is 0 Å². The zero-order valence-corrected chi connectivity index (χ0v) is 13.3. The van der Waals surface area contributed by atoms with E-state index >= 15 is 0 Å². The van der Waals surface area contributed by atoms with Crippen LogP contribution in [0.25, 0.3) is 0 Å². The summed E-state index contributed by atoms with van der Waals surface area (Å²) in [7, 11) is 0. The lowest BCUT2D eigenvalue weighted by Gasteiger charge is -2.17. The summed E-state index contributed by atoms with van der Waals surface area (Å²) in [5.41, 5.74) is 1.40. The lowest BCUT2D eigenvalue weighted by molar-refractivity contribution is -0.118. The number of anilines is 1. The van der Waals surface area contributed by atoms with Gasteiger partial charge in [-0.1, -0.05) is 12.1 Å². The largest absolute Gasteiger partial charge is 0.489 e. The van der Waals surface area contributed by atoms with E-state index in [1.807, 2.05) is 0 Å². The van der Waals surface area contributed by atoms with Gasteiger partial charge in [-0.3, -0.25) is 4.79 Å². The van der Waals surface area contributed by atoms with Gasteiger partial charge < -0.3 is 20.1 Å². The highest BCUT2D eigenvalue weighted by atomic mass is 19.1. The van der Waals surface area contributed by atoms with Gasteiger partial charge in [-0.05, 0) is 48.4 Å². The first-order valence-electron chi connectivity index (χ1n) is 7.81. The lowest BCUT2D eigenvalue weighted by atomic mass is 10.2. The van der Waals surface area contributed by atoms with E-state index in [0.29, 0.717) is 24.4 Å². The van der Waals surface area contributed by atoms with Crippen LogP contribution in [0.15, 0.2) is 48.5 Å². The Labute approximate surface area is 143 Å². The first-order valence-corrected chi connectivity index (χ1v) is 7.81. The molecule has 0 aromatic heterocycles. The van der Waals surface area contributed by atoms with Gasteiger partial charge in [0.25, 0.3) is 0 Å². The van der Waals surface area contributed by atoms with Crippen LogP contribution >= 0.6 is 0 Å². The van der Waals surface area contributed by atoms with Gasteiger partial charge in [-0.2, -0.15) is 0 Å². The van der Waals surface area contributed by atoms with Crippen molar-refractivity contribution in [3.8, 4) is 5.75 Å². The van der Waals surface area contributed by atoms with Crippen LogP contribution in [0.5, 0.6) is 5.75 Å². The third kappa shape index (κ3) is 4.06. The molecule has 1 heterocycles. The van der Waals surface area contributed by atoms with E-state index < -0.39 is 12.1 Å². The van der Waals surface area contributed by atoms with Crippen LogP contribution in [-0.4, -0.2) is 29.7 Å². The number of rotatable bonds is 5. The molecule has 0 radical (unpaired) electrons. The van der Waals surface area contributed by atoms with Crippen molar-refractivity contribution in [3.05, 3.63) is 59.9 Å². The Morgan fingerprint density at radius 3 is 2.72 bits per heavy atom. The minimum absolute atomic E-state index is 0.240. The molecule has 1 fully saturated rings. The quantitative estimate of drug-likeness (QED) is 0.874. The Kier molecular flexibility index (Phi) is 4.83. The number of carbonyl (C=O) groups excluding carboxylic acids is 1. The summed E-state index contributed by atoms with van der Waals surface area (Å²) in [5, 5.41) is 10.9. The second kappa shape index (κ2) is 7.21. The standard InChI is InChI=1S/C18H17FN2O4/c19-13-3-1-2-12(10-13)11-25-15-6-4-14(5-7-15)21-9-8-16(17(21)22)20-18(23)24/h1-7,10,16,20H,8-9,11H2,(H,23,24)/t16-/m0/s1. The molecule has 2 amide bonds. The van der Waals surface area contributed by atoms with Gasteiger partial charge in [-0.25, -0.2) is 9.18 Å². The number of halogens is 1. The Balaban J connectivity index is 1.61. The maximum absolute atomic E-state index is 13.1. The summed E-state index contributed by atoms with van der Waals surface area (Å²) >= 11 is 0. The van der Waals surface area contributed by atoms with Gasteiger partial charge in [0.2, 0.25) is 5.91 Å². The van der Waals surface area contributed by atoms with Crippen molar-refractivity contribution < 1.29 is 23.8 Å². The number of hydrogen-bond acceptors (Lipinski definition) is 3. The first kappa shape index (κ1) is 16.8. The molecule has 6 nitrogen and oxygen atoms in total. The molecule has 25 heavy (non-hydrogen) atoms. The van der Waals surface area contributed by atoms with E-state index in [9.17, 15) is 14.0 Å². The molecule has 1 aliphatic heterocycles. The number of amides is 2. The lowest BCUT2D eigenvalue weighted by Crippen LogP contribution is -2.40. The molecule has 0 spiro atoms. The van der Waals surface area contributed by atoms with E-state index in [1.165, 1.54) is 17.0 Å². The molecular weight excluding hydrogens is 327 g/mol. The van der Waals surface area contributed by atoms with Crippen molar-refractivity contribution in [2.75, 3.05) is 11.4 Å². The summed E-state index contributed by atoms with van der Waals surface area (Å²) in [5.74, 6) is 0.0178. The minimum atomic E-state index is -1.21. The number of benzene rings is 2. The molecule has 0 bridgehead atoms. The third-order valence-corrected chi connectivity index (χ3v) is 3.95. The molecule has 0 aliphatic carbocycles. The molecule has 0 saturated carbocycles. The van der Waals surface area contributed by atoms with Gasteiger partial charge >= 0.3 is 6.09 Å². The fourth-order valence-electron chi connectivity index (χ4n) is 2.73. The Hall–Kier alpha value is -3.09. The average molecular weight is 344 g/mol. The smallest absolute Gasteiger partial charge is 0.405 e. The number of nitrogens with zero attached hydrogens (tertiary/aromatic N) is 1. The molecule has 0 unspecified atom stereocenters. The second-order valence-corrected chi connectivity index (χ2v) is 5.69. The Morgan fingerprint density at radius 2 is 2.04 bits per heavy atom. The molecule has 7 heteroatoms. The average Bonchev–Trinajstić information content (AvgIpc) is 2.94. The van der Waals surface area contributed by atoms with Crippen molar-refractivity contribution in [2.24, 2.45) is 0 Å². The summed E-state index contributed by atoms with van der Waals surface area (Å²) in [6.45, 7) is 0.692. The first-order chi connectivity index (χ1) is 12.0. The van der Waals surface area contributed by atoms with Gasteiger partial charge in [-0.15, -0.1) is 0 Å². The SMILES string of the molecule is O=C(O)N[C@H]1CCN(c2ccc(OCc3cccc(F)c3)cc2)C1=O. The molecule has 3 rings (SSSR count). The van der Waals surface area contributed by atoms with Crippen molar-refractivity contribution in [1.29, 1.82) is 0 Å². The number of ether oxygens (including phenoxy) is 1. The van der Waals surface area contributed by atoms with Crippen LogP contribution in [0.1, 0.15) is 12.0 Å². The summed E-state index contributed by atoms with van der Waals surface area (Å²) in [6.07, 6.45) is -0.774. The van der Waals surface area contributed by atoms with Crippen LogP contribution in [0, 0.1) is 5.82 Å². The molecule has 2 aromatic carbocycles. The predicted octanol–water partition coefficient (Wildman–Crippen LogP) is 2.78. The van der Waals surface area contributed by atoms with Crippen molar-refractivity contribution in [2.45, 2.75) is 19.1 Å². The topological polar surface area (TPSA) is 78.9 Å². The molecule has 1 saturated heterocycles. The van der Waals surface area contributed by atoms with Crippen LogP contribution in [0.2, 0.25) is 0 Å². The van der Waals surface area contributed by atoms with Crippen LogP contribution in [0.4, 0.5) is 14.9 Å². The number of hydrogen-bond donors (Lipinski definition) is 2. The molecule has 130 valence electrons. The van der Waals surface area contributed by atoms with E-state index in [4.69, 9.17) is 9.84 Å². The fourth-order valence-corrected chi connectivity index (χ4v) is 2.73. The Morgan fingerprint density at radius 1 is 1.28 bits per heavy atom. The van der Waals surface area contributed by atoms with Crippen LogP contribution in [0.3, 0.4) is 0 Å². The minimum Gasteiger partial charge on any atom is -0.489 e. The summed E-state index contributed by atoms with van der Waals surface area (Å²) in [4.78, 5) is 24.4. The number of nitrogens with one attached hydrogen (secondary N) is 1. The number of carboxylic acid groups (broad SMARTS) is 1. The normalized spacial score (nSPS) is 16.8. The zero-order chi connectivity index (χ0) is 17.8. The molecule has 2 aromatic rings. The van der Waals surface area contributed by atoms with E-state index in [2.05, 4.69) is 5.32 Å². The molecular formula is C18H17FN2O4. The van der Waals surface area contributed by atoms with Crippen molar-refractivity contribution in [3.63, 3.8) is 0 Å². The van der Waals surface area contributed by atoms with E-state index in [-0.39, 0.29) is 18.3 Å². The van der Waals surface area contributed by atoms with Gasteiger partial charge in [0, 0.05) is 12.2 Å². The van der Waals surface area contributed by atoms with Crippen molar-refractivity contribution >= 4 is 17.7 Å².